The van der Waals surface area contributed by atoms with Gasteiger partial charge in [0, 0.05) is 0 Å². The monoisotopic (exact) mass is 269 g/mol. The first-order valence-corrected chi connectivity index (χ1v) is 7.08. The molecule has 0 rings (SSSR count). The topological polar surface area (TPSA) is 0 Å². The van der Waals surface area contributed by atoms with Crippen LogP contribution in [-0.2, 0) is 19.8 Å². The molecule has 0 spiro atoms. The van der Waals surface area contributed by atoms with Gasteiger partial charge in [0.15, 0.2) is 0 Å². The molecule has 0 aliphatic carbocycles. The van der Waals surface area contributed by atoms with E-state index < -0.39 is 0 Å². The summed E-state index contributed by atoms with van der Waals surface area (Å²) in [5.41, 5.74) is 0. The zero-order valence-electron chi connectivity index (χ0n) is 4.39. The molecule has 34 valence electrons. The Hall–Kier alpha value is 1.17. The van der Waals surface area contributed by atoms with Crippen LogP contribution in [-0.4, -0.2) is 5.16 Å². The first-order chi connectivity index (χ1) is 2.56. The molecule has 0 unspecified atom stereocenters. The van der Waals surface area contributed by atoms with Crippen LogP contribution in [0.5, 0.6) is 0 Å². The summed E-state index contributed by atoms with van der Waals surface area (Å²) >= 11 is 1.49. The Kier molecular flexibility index (Phi) is 2.95. The van der Waals surface area contributed by atoms with Crippen LogP contribution < -0.4 is 0 Å². The second-order valence-corrected chi connectivity index (χ2v) is 5.97. The van der Waals surface area contributed by atoms with Crippen LogP contribution in [0.1, 0.15) is 20.8 Å². The van der Waals surface area contributed by atoms with E-state index in [4.69, 9.17) is 0 Å². The minimum atomic E-state index is 0.563. The van der Waals surface area contributed by atoms with Gasteiger partial charge < -0.3 is 0 Å². The van der Waals surface area contributed by atoms with Crippen molar-refractivity contribution in [1.82, 2.24) is 0 Å². The average molecular weight is 269 g/mol. The molecular weight excluding hydrogens is 260 g/mol. The fourth-order valence-electron chi connectivity index (χ4n) is 0. The van der Waals surface area contributed by atoms with Crippen molar-refractivity contribution >= 4 is 5.79 Å². The summed E-state index contributed by atoms with van der Waals surface area (Å²) in [6.07, 6.45) is 0. The Labute approximate surface area is 51.8 Å². The molecule has 0 amide bonds. The third-order valence-corrected chi connectivity index (χ3v) is 7.37. The molecule has 0 aromatic carbocycles. The Morgan fingerprint density at radius 3 is 1.50 bits per heavy atom. The van der Waals surface area contributed by atoms with Crippen molar-refractivity contribution in [3.8, 4) is 0 Å². The Morgan fingerprint density at radius 1 is 1.33 bits per heavy atom. The number of hydrogen-bond donors (Lipinski definition) is 0. The Bertz CT molecular complexity index is 74.5. The standard InChI is InChI=1S/C4H9P.Ta/c1-4(2,3)5;/h1-3H3;/q+1;. The van der Waals surface area contributed by atoms with Crippen molar-refractivity contribution in [1.29, 1.82) is 0 Å². The molecule has 0 aliphatic heterocycles. The van der Waals surface area contributed by atoms with E-state index in [0.717, 1.165) is 0 Å². The Balaban J connectivity index is 3.55. The van der Waals surface area contributed by atoms with Crippen molar-refractivity contribution in [3.63, 3.8) is 0 Å². The molecule has 0 saturated heterocycles. The van der Waals surface area contributed by atoms with E-state index in [1.807, 2.05) is 0 Å². The average Bonchev–Trinajstić information content (AvgIpc) is 1.35. The van der Waals surface area contributed by atoms with Crippen LogP contribution in [0.3, 0.4) is 0 Å². The van der Waals surface area contributed by atoms with E-state index in [0.29, 0.717) is 5.16 Å². The fourth-order valence-corrected chi connectivity index (χ4v) is 0. The van der Waals surface area contributed by atoms with E-state index in [-0.39, 0.29) is 0 Å². The minimum absolute atomic E-state index is 0.563. The van der Waals surface area contributed by atoms with E-state index in [1.54, 1.807) is 5.79 Å². The molecule has 0 aromatic heterocycles. The maximum absolute atomic E-state index is 2.26. The molecule has 0 nitrogen and oxygen atoms in total. The van der Waals surface area contributed by atoms with Gasteiger partial charge in [-0.25, -0.2) is 0 Å². The summed E-state index contributed by atoms with van der Waals surface area (Å²) in [6.45, 7) is 6.78. The molecule has 0 radical (unpaired) electrons. The molecule has 0 saturated carbocycles. The normalized spacial score (nSPS) is 11.0. The second-order valence-electron chi connectivity index (χ2n) is 2.27. The molecule has 0 aliphatic rings. The number of hydrogen-bond acceptors (Lipinski definition) is 0. The van der Waals surface area contributed by atoms with Crippen molar-refractivity contribution in [2.24, 2.45) is 0 Å². The van der Waals surface area contributed by atoms with Crippen molar-refractivity contribution in [2.75, 3.05) is 0 Å². The van der Waals surface area contributed by atoms with Crippen molar-refractivity contribution in [2.45, 2.75) is 25.9 Å². The van der Waals surface area contributed by atoms with E-state index >= 15 is 0 Å². The predicted octanol–water partition coefficient (Wildman–Crippen LogP) is 2.19. The molecule has 2 heteroatoms. The fraction of sp³-hybridized carbons (Fsp3) is 1.00. The van der Waals surface area contributed by atoms with Gasteiger partial charge >= 0.3 is 51.5 Å². The predicted molar refractivity (Wildman–Crippen MR) is 26.7 cm³/mol. The molecule has 0 heterocycles. The van der Waals surface area contributed by atoms with Gasteiger partial charge in [-0.3, -0.25) is 0 Å². The molecule has 0 atom stereocenters. The van der Waals surface area contributed by atoms with Gasteiger partial charge in [-0.2, -0.15) is 0 Å². The Morgan fingerprint density at radius 2 is 1.50 bits per heavy atom. The van der Waals surface area contributed by atoms with Crippen molar-refractivity contribution < 1.29 is 19.8 Å². The van der Waals surface area contributed by atoms with Gasteiger partial charge in [-0.1, -0.05) is 0 Å². The molecule has 6 heavy (non-hydrogen) atoms. The molecular formula is C4H9PTa+. The van der Waals surface area contributed by atoms with Gasteiger partial charge in [-0.05, 0) is 0 Å². The zero-order valence-corrected chi connectivity index (χ0v) is 8.50. The van der Waals surface area contributed by atoms with E-state index in [2.05, 4.69) is 20.8 Å². The molecule has 0 N–H and O–H groups in total. The van der Waals surface area contributed by atoms with Crippen LogP contribution in [0.2, 0.25) is 0 Å². The van der Waals surface area contributed by atoms with Crippen LogP contribution in [0.4, 0.5) is 0 Å². The third kappa shape index (κ3) is 5.17. The first-order valence-electron chi connectivity index (χ1n) is 1.92. The van der Waals surface area contributed by atoms with Gasteiger partial charge in [0.2, 0.25) is 0 Å². The van der Waals surface area contributed by atoms with Crippen LogP contribution in [0.25, 0.3) is 0 Å². The summed E-state index contributed by atoms with van der Waals surface area (Å²) in [4.78, 5) is 0. The van der Waals surface area contributed by atoms with E-state index in [9.17, 15) is 0 Å². The van der Waals surface area contributed by atoms with E-state index in [1.165, 1.54) is 19.8 Å². The molecule has 0 aromatic rings. The van der Waals surface area contributed by atoms with Gasteiger partial charge in [0.05, 0.1) is 0 Å². The quantitative estimate of drug-likeness (QED) is 0.591. The zero-order chi connectivity index (χ0) is 5.21. The maximum atomic E-state index is 2.26. The summed E-state index contributed by atoms with van der Waals surface area (Å²) in [5.74, 6) is 1.59. The SMILES string of the molecule is CC(C)(C)[P+]#[Ta]. The summed E-state index contributed by atoms with van der Waals surface area (Å²) in [7, 11) is 0. The summed E-state index contributed by atoms with van der Waals surface area (Å²) < 4.78 is 0. The summed E-state index contributed by atoms with van der Waals surface area (Å²) in [5, 5.41) is 0.563. The molecule has 0 bridgehead atoms. The second kappa shape index (κ2) is 2.47. The van der Waals surface area contributed by atoms with Gasteiger partial charge in [0.1, 0.15) is 0 Å². The van der Waals surface area contributed by atoms with Gasteiger partial charge in [0.25, 0.3) is 0 Å². The third-order valence-electron chi connectivity index (χ3n) is 0.300. The first kappa shape index (κ1) is 7.17. The summed E-state index contributed by atoms with van der Waals surface area (Å²) in [6, 6.07) is 0. The number of rotatable bonds is 0. The van der Waals surface area contributed by atoms with Crippen LogP contribution >= 0.6 is 5.79 Å². The molecule has 0 fully saturated rings. The van der Waals surface area contributed by atoms with Crippen molar-refractivity contribution in [3.05, 3.63) is 0 Å². The van der Waals surface area contributed by atoms with Crippen LogP contribution in [0.15, 0.2) is 0 Å². The van der Waals surface area contributed by atoms with Crippen LogP contribution in [0, 0.1) is 0 Å². The van der Waals surface area contributed by atoms with Gasteiger partial charge in [-0.15, -0.1) is 0 Å².